The van der Waals surface area contributed by atoms with Gasteiger partial charge in [-0.3, -0.25) is 4.79 Å². The summed E-state index contributed by atoms with van der Waals surface area (Å²) in [7, 11) is 0. The van der Waals surface area contributed by atoms with E-state index in [2.05, 4.69) is 5.32 Å². The zero-order valence-electron chi connectivity index (χ0n) is 11.9. The van der Waals surface area contributed by atoms with Crippen LogP contribution in [0.4, 0.5) is 4.39 Å². The third-order valence-electron chi connectivity index (χ3n) is 2.49. The topological polar surface area (TPSA) is 75.6 Å². The number of carbonyl (C=O) groups is 2. The number of benzene rings is 1. The van der Waals surface area contributed by atoms with Crippen molar-refractivity contribution in [1.82, 2.24) is 5.32 Å². The highest BCUT2D eigenvalue weighted by Gasteiger charge is 2.11. The number of halogens is 1. The predicted molar refractivity (Wildman–Crippen MR) is 76.5 cm³/mol. The maximum atomic E-state index is 13.6. The summed E-state index contributed by atoms with van der Waals surface area (Å²) in [5.41, 5.74) is 0.300. The van der Waals surface area contributed by atoms with E-state index in [1.54, 1.807) is 0 Å². The summed E-state index contributed by atoms with van der Waals surface area (Å²) < 4.78 is 18.9. The first-order chi connectivity index (χ1) is 9.90. The van der Waals surface area contributed by atoms with Crippen molar-refractivity contribution in [2.75, 3.05) is 13.2 Å². The molecular weight excluding hydrogens is 277 g/mol. The van der Waals surface area contributed by atoms with Crippen LogP contribution in [0, 0.1) is 5.82 Å². The molecule has 0 aromatic heterocycles. The first-order valence-corrected chi connectivity index (χ1v) is 6.50. The van der Waals surface area contributed by atoms with Gasteiger partial charge >= 0.3 is 5.97 Å². The van der Waals surface area contributed by atoms with Crippen molar-refractivity contribution in [3.63, 3.8) is 0 Å². The lowest BCUT2D eigenvalue weighted by molar-refractivity contribution is -0.131. The smallest absolute Gasteiger partial charge is 0.328 e. The molecule has 0 heterocycles. The first-order valence-electron chi connectivity index (χ1n) is 6.50. The van der Waals surface area contributed by atoms with Gasteiger partial charge in [-0.2, -0.15) is 0 Å². The summed E-state index contributed by atoms with van der Waals surface area (Å²) in [5.74, 6) is -2.34. The van der Waals surface area contributed by atoms with Crippen LogP contribution in [0.2, 0.25) is 0 Å². The van der Waals surface area contributed by atoms with E-state index in [4.69, 9.17) is 9.84 Å². The molecule has 0 fully saturated rings. The van der Waals surface area contributed by atoms with Gasteiger partial charge in [0.05, 0.1) is 18.3 Å². The van der Waals surface area contributed by atoms with Crippen molar-refractivity contribution in [2.45, 2.75) is 20.0 Å². The summed E-state index contributed by atoms with van der Waals surface area (Å²) in [6, 6.07) is 3.82. The maximum absolute atomic E-state index is 13.6. The van der Waals surface area contributed by atoms with Crippen LogP contribution in [-0.4, -0.2) is 36.2 Å². The molecule has 1 rings (SSSR count). The minimum absolute atomic E-state index is 0.0584. The molecule has 6 heteroatoms. The molecule has 0 bridgehead atoms. The average molecular weight is 295 g/mol. The maximum Gasteiger partial charge on any atom is 0.328 e. The monoisotopic (exact) mass is 295 g/mol. The van der Waals surface area contributed by atoms with Gasteiger partial charge in [0.2, 0.25) is 0 Å². The molecule has 0 aliphatic rings. The van der Waals surface area contributed by atoms with Crippen LogP contribution in [0.5, 0.6) is 0 Å². The van der Waals surface area contributed by atoms with Gasteiger partial charge in [0, 0.05) is 12.6 Å². The molecule has 0 saturated carbocycles. The van der Waals surface area contributed by atoms with E-state index in [0.717, 1.165) is 12.1 Å². The van der Waals surface area contributed by atoms with Crippen molar-refractivity contribution in [2.24, 2.45) is 0 Å². The quantitative estimate of drug-likeness (QED) is 0.596. The summed E-state index contributed by atoms with van der Waals surface area (Å²) in [6.45, 7) is 4.36. The molecule has 0 radical (unpaired) electrons. The number of carboxylic acids is 1. The van der Waals surface area contributed by atoms with Gasteiger partial charge in [-0.05, 0) is 37.6 Å². The van der Waals surface area contributed by atoms with Gasteiger partial charge in [0.25, 0.3) is 5.91 Å². The Morgan fingerprint density at radius 1 is 1.43 bits per heavy atom. The van der Waals surface area contributed by atoms with Crippen LogP contribution in [0.25, 0.3) is 6.08 Å². The molecule has 0 aliphatic carbocycles. The second-order valence-electron chi connectivity index (χ2n) is 4.59. The number of aliphatic carboxylic acids is 1. The van der Waals surface area contributed by atoms with Crippen molar-refractivity contribution >= 4 is 18.0 Å². The highest BCUT2D eigenvalue weighted by molar-refractivity contribution is 5.95. The Labute approximate surface area is 122 Å². The number of nitrogens with one attached hydrogen (secondary N) is 1. The fourth-order valence-electron chi connectivity index (χ4n) is 1.54. The molecule has 0 aliphatic heterocycles. The van der Waals surface area contributed by atoms with Crippen LogP contribution in [0.1, 0.15) is 29.8 Å². The Hall–Kier alpha value is -2.21. The lowest BCUT2D eigenvalue weighted by atomic mass is 10.1. The Bertz CT molecular complexity index is 540. The number of amides is 1. The highest BCUT2D eigenvalue weighted by atomic mass is 19.1. The van der Waals surface area contributed by atoms with Crippen LogP contribution >= 0.6 is 0 Å². The van der Waals surface area contributed by atoms with E-state index in [1.807, 2.05) is 13.8 Å². The fraction of sp³-hybridized carbons (Fsp3) is 0.333. The van der Waals surface area contributed by atoms with Crippen molar-refractivity contribution < 1.29 is 23.8 Å². The van der Waals surface area contributed by atoms with Gasteiger partial charge in [-0.15, -0.1) is 0 Å². The van der Waals surface area contributed by atoms with E-state index in [1.165, 1.54) is 18.2 Å². The number of hydrogen-bond donors (Lipinski definition) is 2. The molecule has 0 saturated heterocycles. The van der Waals surface area contributed by atoms with Crippen LogP contribution in [0.15, 0.2) is 24.3 Å². The van der Waals surface area contributed by atoms with E-state index >= 15 is 0 Å². The van der Waals surface area contributed by atoms with Crippen LogP contribution in [0.3, 0.4) is 0 Å². The zero-order valence-corrected chi connectivity index (χ0v) is 11.9. The molecule has 0 unspecified atom stereocenters. The van der Waals surface area contributed by atoms with Gasteiger partial charge in [-0.1, -0.05) is 6.07 Å². The predicted octanol–water partition coefficient (Wildman–Crippen LogP) is 2.08. The standard InChI is InChI=1S/C15H18FNO4/c1-10(2)21-8-7-17-15(20)12-9-11(3-5-13(12)16)4-6-14(18)19/h3-6,9-10H,7-8H2,1-2H3,(H,17,20)(H,18,19)/b6-4+. The van der Waals surface area contributed by atoms with Crippen LogP contribution < -0.4 is 5.32 Å². The lowest BCUT2D eigenvalue weighted by Gasteiger charge is -2.09. The molecule has 1 aromatic carbocycles. The summed E-state index contributed by atoms with van der Waals surface area (Å²) in [5, 5.41) is 11.1. The van der Waals surface area contributed by atoms with Crippen molar-refractivity contribution in [3.8, 4) is 0 Å². The molecule has 0 atom stereocenters. The molecule has 1 amide bonds. The Kier molecular flexibility index (Phi) is 6.55. The highest BCUT2D eigenvalue weighted by Crippen LogP contribution is 2.12. The van der Waals surface area contributed by atoms with E-state index in [-0.39, 0.29) is 18.2 Å². The van der Waals surface area contributed by atoms with Gasteiger partial charge in [0.1, 0.15) is 5.82 Å². The number of ether oxygens (including phenoxy) is 1. The van der Waals surface area contributed by atoms with Gasteiger partial charge in [-0.25, -0.2) is 9.18 Å². The summed E-state index contributed by atoms with van der Waals surface area (Å²) in [4.78, 5) is 22.3. The molecule has 114 valence electrons. The largest absolute Gasteiger partial charge is 0.478 e. The van der Waals surface area contributed by atoms with Crippen molar-refractivity contribution in [1.29, 1.82) is 0 Å². The Balaban J connectivity index is 2.70. The molecular formula is C15H18FNO4. The average Bonchev–Trinajstić information content (AvgIpc) is 2.42. The number of carbonyl (C=O) groups excluding carboxylic acids is 1. The minimum atomic E-state index is -1.11. The first kappa shape index (κ1) is 16.8. The number of carboxylic acid groups (broad SMARTS) is 1. The summed E-state index contributed by atoms with van der Waals surface area (Å²) in [6.07, 6.45) is 2.27. The molecule has 1 aromatic rings. The van der Waals surface area contributed by atoms with Gasteiger partial charge < -0.3 is 15.2 Å². The Morgan fingerprint density at radius 3 is 2.76 bits per heavy atom. The number of hydrogen-bond acceptors (Lipinski definition) is 3. The minimum Gasteiger partial charge on any atom is -0.478 e. The second kappa shape index (κ2) is 8.16. The normalized spacial score (nSPS) is 11.0. The fourth-order valence-corrected chi connectivity index (χ4v) is 1.54. The van der Waals surface area contributed by atoms with Gasteiger partial charge in [0.15, 0.2) is 0 Å². The van der Waals surface area contributed by atoms with E-state index in [0.29, 0.717) is 12.2 Å². The summed E-state index contributed by atoms with van der Waals surface area (Å²) >= 11 is 0. The van der Waals surface area contributed by atoms with E-state index in [9.17, 15) is 14.0 Å². The Morgan fingerprint density at radius 2 is 2.14 bits per heavy atom. The second-order valence-corrected chi connectivity index (χ2v) is 4.59. The molecule has 0 spiro atoms. The zero-order chi connectivity index (χ0) is 15.8. The van der Waals surface area contributed by atoms with E-state index < -0.39 is 17.7 Å². The number of rotatable bonds is 7. The molecule has 5 nitrogen and oxygen atoms in total. The van der Waals surface area contributed by atoms with Crippen molar-refractivity contribution in [3.05, 3.63) is 41.2 Å². The lowest BCUT2D eigenvalue weighted by Crippen LogP contribution is -2.28. The van der Waals surface area contributed by atoms with Crippen LogP contribution in [-0.2, 0) is 9.53 Å². The SMILES string of the molecule is CC(C)OCCNC(=O)c1cc(/C=C/C(=O)O)ccc1F. The molecule has 2 N–H and O–H groups in total. The third kappa shape index (κ3) is 6.18. The molecule has 21 heavy (non-hydrogen) atoms. The third-order valence-corrected chi connectivity index (χ3v) is 2.49.